The van der Waals surface area contributed by atoms with Crippen LogP contribution in [0.1, 0.15) is 24.0 Å². The molecule has 0 radical (unpaired) electrons. The molecule has 1 aromatic heterocycles. The second-order valence-electron chi connectivity index (χ2n) is 6.57. The van der Waals surface area contributed by atoms with Gasteiger partial charge in [-0.15, -0.1) is 0 Å². The summed E-state index contributed by atoms with van der Waals surface area (Å²) in [4.78, 5) is 3.19. The van der Waals surface area contributed by atoms with Crippen LogP contribution >= 0.6 is 15.9 Å². The lowest BCUT2D eigenvalue weighted by Crippen LogP contribution is -2.07. The lowest BCUT2D eigenvalue weighted by Gasteiger charge is -2.16. The van der Waals surface area contributed by atoms with Gasteiger partial charge >= 0.3 is 6.18 Å². The van der Waals surface area contributed by atoms with Gasteiger partial charge in [-0.3, -0.25) is 0 Å². The number of hydrogen-bond donors (Lipinski definition) is 2. The van der Waals surface area contributed by atoms with Crippen LogP contribution in [0.3, 0.4) is 0 Å². The van der Waals surface area contributed by atoms with Crippen molar-refractivity contribution < 1.29 is 23.0 Å². The summed E-state index contributed by atoms with van der Waals surface area (Å²) in [6.45, 7) is 0. The van der Waals surface area contributed by atoms with E-state index in [4.69, 9.17) is 4.74 Å². The van der Waals surface area contributed by atoms with Crippen LogP contribution < -0.4 is 4.74 Å². The van der Waals surface area contributed by atoms with Gasteiger partial charge in [0.15, 0.2) is 5.75 Å². The number of halogens is 4. The number of aromatic hydroxyl groups is 1. The number of phenolic OH excluding ortho intramolecular Hbond substituents is 1. The standard InChI is InChI=1S/C19H15BrF3NO2/c20-16-7-12(25)6-15(19(21,22)23)18(16)26-13-3-4-17-14(8-13)11(9-24-17)5-10-1-2-10/h3-4,6-10,24-25H,1-2,5H2. The SMILES string of the molecule is Oc1cc(Br)c(Oc2ccc3[nH]cc(CC4CC4)c3c2)c(C(F)(F)F)c1. The highest BCUT2D eigenvalue weighted by Crippen LogP contribution is 2.45. The Balaban J connectivity index is 1.73. The van der Waals surface area contributed by atoms with E-state index in [1.165, 1.54) is 18.9 Å². The van der Waals surface area contributed by atoms with E-state index >= 15 is 0 Å². The number of aromatic amines is 1. The van der Waals surface area contributed by atoms with E-state index in [-0.39, 0.29) is 10.2 Å². The van der Waals surface area contributed by atoms with Crippen molar-refractivity contribution in [3.8, 4) is 17.2 Å². The van der Waals surface area contributed by atoms with Gasteiger partial charge in [0.1, 0.15) is 17.1 Å². The highest BCUT2D eigenvalue weighted by Gasteiger charge is 2.36. The van der Waals surface area contributed by atoms with Gasteiger partial charge in [-0.05, 0) is 77.0 Å². The van der Waals surface area contributed by atoms with Crippen molar-refractivity contribution >= 4 is 26.8 Å². The molecule has 0 spiro atoms. The molecule has 1 fully saturated rings. The van der Waals surface area contributed by atoms with E-state index in [0.717, 1.165) is 22.9 Å². The highest BCUT2D eigenvalue weighted by atomic mass is 79.9. The molecule has 26 heavy (non-hydrogen) atoms. The Bertz CT molecular complexity index is 977. The predicted molar refractivity (Wildman–Crippen MR) is 95.6 cm³/mol. The third-order valence-corrected chi connectivity index (χ3v) is 5.09. The first-order chi connectivity index (χ1) is 12.3. The smallest absolute Gasteiger partial charge is 0.420 e. The summed E-state index contributed by atoms with van der Waals surface area (Å²) in [6, 6.07) is 7.01. The maximum atomic E-state index is 13.3. The fourth-order valence-corrected chi connectivity index (χ4v) is 3.56. The highest BCUT2D eigenvalue weighted by molar-refractivity contribution is 9.10. The van der Waals surface area contributed by atoms with E-state index in [0.29, 0.717) is 17.7 Å². The summed E-state index contributed by atoms with van der Waals surface area (Å²) in [5.74, 6) is 0.158. The van der Waals surface area contributed by atoms with Gasteiger partial charge in [0.2, 0.25) is 0 Å². The van der Waals surface area contributed by atoms with E-state index in [1.807, 2.05) is 6.20 Å². The maximum absolute atomic E-state index is 13.3. The summed E-state index contributed by atoms with van der Waals surface area (Å²) < 4.78 is 45.6. The predicted octanol–water partition coefficient (Wildman–Crippen LogP) is 6.40. The second kappa shape index (κ2) is 6.23. The Morgan fingerprint density at radius 1 is 1.19 bits per heavy atom. The number of fused-ring (bicyclic) bond motifs is 1. The molecular formula is C19H15BrF3NO2. The molecule has 3 nitrogen and oxygen atoms in total. The molecule has 4 rings (SSSR count). The lowest BCUT2D eigenvalue weighted by molar-refractivity contribution is -0.138. The molecular weight excluding hydrogens is 411 g/mol. The number of hydrogen-bond acceptors (Lipinski definition) is 2. The Morgan fingerprint density at radius 3 is 2.65 bits per heavy atom. The van der Waals surface area contributed by atoms with Crippen molar-refractivity contribution in [2.24, 2.45) is 5.92 Å². The molecule has 7 heteroatoms. The minimum absolute atomic E-state index is 0.0391. The molecule has 1 heterocycles. The Morgan fingerprint density at radius 2 is 1.96 bits per heavy atom. The van der Waals surface area contributed by atoms with Crippen LogP contribution in [0.2, 0.25) is 0 Å². The molecule has 2 aromatic carbocycles. The molecule has 0 bridgehead atoms. The van der Waals surface area contributed by atoms with Crippen LogP contribution in [0.4, 0.5) is 13.2 Å². The molecule has 0 saturated heterocycles. The zero-order chi connectivity index (χ0) is 18.5. The maximum Gasteiger partial charge on any atom is 0.420 e. The van der Waals surface area contributed by atoms with Crippen molar-refractivity contribution in [2.75, 3.05) is 0 Å². The Kier molecular flexibility index (Phi) is 4.14. The van der Waals surface area contributed by atoms with E-state index in [2.05, 4.69) is 20.9 Å². The fraction of sp³-hybridized carbons (Fsp3) is 0.263. The largest absolute Gasteiger partial charge is 0.508 e. The summed E-state index contributed by atoms with van der Waals surface area (Å²) in [5.41, 5.74) is 1.04. The van der Waals surface area contributed by atoms with Gasteiger partial charge in [-0.2, -0.15) is 13.2 Å². The van der Waals surface area contributed by atoms with E-state index in [1.54, 1.807) is 18.2 Å². The summed E-state index contributed by atoms with van der Waals surface area (Å²) in [6.07, 6.45) is 0.701. The molecule has 3 aromatic rings. The quantitative estimate of drug-likeness (QED) is 0.507. The van der Waals surface area contributed by atoms with Gasteiger partial charge in [0.05, 0.1) is 4.47 Å². The molecule has 1 aliphatic carbocycles. The third-order valence-electron chi connectivity index (χ3n) is 4.50. The fourth-order valence-electron chi connectivity index (χ4n) is 3.03. The van der Waals surface area contributed by atoms with Crippen LogP contribution in [0.25, 0.3) is 10.9 Å². The number of ether oxygens (including phenoxy) is 1. The topological polar surface area (TPSA) is 45.2 Å². The van der Waals surface area contributed by atoms with Gasteiger partial charge in [0.25, 0.3) is 0 Å². The molecule has 0 atom stereocenters. The lowest BCUT2D eigenvalue weighted by atomic mass is 10.1. The Labute approximate surface area is 155 Å². The van der Waals surface area contributed by atoms with Gasteiger partial charge in [-0.1, -0.05) is 0 Å². The molecule has 0 amide bonds. The van der Waals surface area contributed by atoms with E-state index in [9.17, 15) is 18.3 Å². The molecule has 136 valence electrons. The van der Waals surface area contributed by atoms with Crippen LogP contribution in [0.5, 0.6) is 17.2 Å². The van der Waals surface area contributed by atoms with Crippen molar-refractivity contribution in [3.05, 3.63) is 52.1 Å². The van der Waals surface area contributed by atoms with Gasteiger partial charge in [-0.25, -0.2) is 0 Å². The zero-order valence-corrected chi connectivity index (χ0v) is 15.1. The van der Waals surface area contributed by atoms with Crippen LogP contribution in [0, 0.1) is 5.92 Å². The van der Waals surface area contributed by atoms with Crippen LogP contribution in [0.15, 0.2) is 41.0 Å². The van der Waals surface area contributed by atoms with Crippen LogP contribution in [-0.2, 0) is 12.6 Å². The number of nitrogens with one attached hydrogen (secondary N) is 1. The first kappa shape index (κ1) is 17.3. The number of rotatable bonds is 4. The number of H-pyrrole nitrogens is 1. The summed E-state index contributed by atoms with van der Waals surface area (Å²) >= 11 is 3.05. The molecule has 0 unspecified atom stereocenters. The number of phenols is 1. The van der Waals surface area contributed by atoms with Crippen molar-refractivity contribution in [2.45, 2.75) is 25.4 Å². The monoisotopic (exact) mass is 425 g/mol. The van der Waals surface area contributed by atoms with Crippen molar-refractivity contribution in [3.63, 3.8) is 0 Å². The minimum atomic E-state index is -4.65. The van der Waals surface area contributed by atoms with Gasteiger partial charge < -0.3 is 14.8 Å². The number of alkyl halides is 3. The molecule has 1 aliphatic rings. The molecule has 1 saturated carbocycles. The molecule has 0 aliphatic heterocycles. The number of benzene rings is 2. The number of aromatic nitrogens is 1. The first-order valence-electron chi connectivity index (χ1n) is 8.19. The van der Waals surface area contributed by atoms with E-state index < -0.39 is 17.5 Å². The van der Waals surface area contributed by atoms with Crippen molar-refractivity contribution in [1.82, 2.24) is 4.98 Å². The van der Waals surface area contributed by atoms with Gasteiger partial charge in [0, 0.05) is 17.1 Å². The second-order valence-corrected chi connectivity index (χ2v) is 7.43. The minimum Gasteiger partial charge on any atom is -0.508 e. The molecule has 2 N–H and O–H groups in total. The first-order valence-corrected chi connectivity index (χ1v) is 8.98. The normalized spacial score (nSPS) is 14.8. The average Bonchev–Trinajstić information content (AvgIpc) is 3.29. The van der Waals surface area contributed by atoms with Crippen molar-refractivity contribution in [1.29, 1.82) is 0 Å². The zero-order valence-electron chi connectivity index (χ0n) is 13.5. The summed E-state index contributed by atoms with van der Waals surface area (Å²) in [7, 11) is 0. The third kappa shape index (κ3) is 3.40. The summed E-state index contributed by atoms with van der Waals surface area (Å²) in [5, 5.41) is 10.5. The average molecular weight is 426 g/mol. The van der Waals surface area contributed by atoms with Crippen LogP contribution in [-0.4, -0.2) is 10.1 Å². The Hall–Kier alpha value is -2.15.